The van der Waals surface area contributed by atoms with Crippen molar-refractivity contribution < 1.29 is 78.6 Å². The molecule has 13 aromatic rings. The molecule has 3 fully saturated rings. The Hall–Kier alpha value is -9.24. The van der Waals surface area contributed by atoms with E-state index >= 15 is 0 Å². The fourth-order valence-electron chi connectivity index (χ4n) is 12.9. The van der Waals surface area contributed by atoms with Crippen molar-refractivity contribution in [2.75, 3.05) is 0 Å². The number of hydrogen-bond acceptors (Lipinski definition) is 7. The van der Waals surface area contributed by atoms with Gasteiger partial charge in [-0.15, -0.1) is 121 Å². The van der Waals surface area contributed by atoms with Crippen LogP contribution < -0.4 is 5.43 Å². The Morgan fingerprint density at radius 3 is 0.543 bits per heavy atom. The summed E-state index contributed by atoms with van der Waals surface area (Å²) in [5.41, 5.74) is 26.9. The van der Waals surface area contributed by atoms with Gasteiger partial charge in [0.1, 0.15) is 0 Å². The minimum Gasteiger partial charge on any atom is -0.584 e. The van der Waals surface area contributed by atoms with Crippen molar-refractivity contribution in [3.8, 4) is 0 Å². The molecule has 10 aromatic carbocycles. The second-order valence-corrected chi connectivity index (χ2v) is 32.6. The molecule has 3 aliphatic heterocycles. The Balaban J connectivity index is 0.000000702. The number of hydrogen-bond donors (Lipinski definition) is 1. The van der Waals surface area contributed by atoms with E-state index < -0.39 is 0 Å². The van der Waals surface area contributed by atoms with Crippen molar-refractivity contribution in [2.24, 2.45) is 0 Å². The second-order valence-electron chi connectivity index (χ2n) is 32.6. The molecular formula is C115H143N9Zr3. The molecule has 127 heavy (non-hydrogen) atoms. The summed E-state index contributed by atoms with van der Waals surface area (Å²) < 4.78 is 0. The molecule has 0 radical (unpaired) electrons. The predicted molar refractivity (Wildman–Crippen MR) is 534 cm³/mol. The van der Waals surface area contributed by atoms with Crippen LogP contribution >= 0.6 is 0 Å². The van der Waals surface area contributed by atoms with Gasteiger partial charge in [0.15, 0.2) is 0 Å². The molecule has 9 nitrogen and oxygen atoms in total. The number of aromatic nitrogens is 3. The van der Waals surface area contributed by atoms with Gasteiger partial charge in [-0.1, -0.05) is 165 Å². The van der Waals surface area contributed by atoms with E-state index in [-0.39, 0.29) is 95.2 Å². The average molecular weight is 1930 g/mol. The minimum atomic E-state index is -0.249. The number of benzene rings is 10. The fourth-order valence-corrected chi connectivity index (χ4v) is 12.9. The zero-order chi connectivity index (χ0) is 90.6. The standard InChI is InChI=1S/C15H25N3.2C15H24N3.10C7H7.3Zr/c3*1-12-8-7-9-13(2)18(12)17-15(3,4)14-10-5-6-11-16-14;10*1-7-5-3-2-4-6-7;;;/h5-6,10-13,17H,7-9H2,1-4H3;2*5-6,10-13H,7-9H2,1-4H3;10*2-6H,1H2;;;/q;12*-1;3*+4/t3*12-,13+;;;;;;;;;;;;;. The molecule has 0 aliphatic carbocycles. The first kappa shape index (κ1) is 116. The van der Waals surface area contributed by atoms with Crippen molar-refractivity contribution in [1.29, 1.82) is 0 Å². The maximum atomic E-state index is 4.97. The third-order valence-electron chi connectivity index (χ3n) is 19.9. The first-order valence-corrected chi connectivity index (χ1v) is 43.5. The minimum absolute atomic E-state index is 0. The quantitative estimate of drug-likeness (QED) is 0.144. The topological polar surface area (TPSA) is 88.6 Å². The van der Waals surface area contributed by atoms with Crippen LogP contribution in [0.5, 0.6) is 0 Å². The molecule has 6 atom stereocenters. The molecule has 0 bridgehead atoms. The molecule has 660 valence electrons. The number of pyridine rings is 3. The maximum Gasteiger partial charge on any atom is 4.00 e. The normalized spacial score (nSPS) is 15.9. The van der Waals surface area contributed by atoms with Crippen LogP contribution in [0.2, 0.25) is 0 Å². The van der Waals surface area contributed by atoms with Crippen molar-refractivity contribution in [2.45, 2.75) is 194 Å². The summed E-state index contributed by atoms with van der Waals surface area (Å²) in [6, 6.07) is 120. The monoisotopic (exact) mass is 1920 g/mol. The zero-order valence-electron chi connectivity index (χ0n) is 78.3. The largest absolute Gasteiger partial charge is 4.00 e. The van der Waals surface area contributed by atoms with Crippen LogP contribution in [0.1, 0.15) is 214 Å². The second kappa shape index (κ2) is 67.9. The van der Waals surface area contributed by atoms with Gasteiger partial charge < -0.3 is 20.9 Å². The molecule has 0 spiro atoms. The number of piperidine rings is 3. The van der Waals surface area contributed by atoms with Gasteiger partial charge in [-0.05, 0) is 127 Å². The first-order chi connectivity index (χ1) is 59.5. The van der Waals surface area contributed by atoms with E-state index in [2.05, 4.69) is 212 Å². The zero-order valence-corrected chi connectivity index (χ0v) is 85.6. The number of rotatable bonds is 9. The van der Waals surface area contributed by atoms with E-state index in [9.17, 15) is 0 Å². The van der Waals surface area contributed by atoms with Gasteiger partial charge >= 0.3 is 78.6 Å². The van der Waals surface area contributed by atoms with Crippen LogP contribution in [0.3, 0.4) is 0 Å². The molecule has 0 unspecified atom stereocenters. The Kier molecular flexibility index (Phi) is 61.9. The molecule has 16 rings (SSSR count). The summed E-state index contributed by atoms with van der Waals surface area (Å²) >= 11 is 0. The van der Waals surface area contributed by atoms with E-state index in [1.807, 2.05) is 352 Å². The summed E-state index contributed by atoms with van der Waals surface area (Å²) in [5, 5.41) is 6.99. The number of nitrogens with one attached hydrogen (secondary N) is 1. The molecule has 3 aliphatic rings. The van der Waals surface area contributed by atoms with Crippen LogP contribution in [0.4, 0.5) is 0 Å². The molecular weight excluding hydrogens is 1780 g/mol. The maximum absolute atomic E-state index is 4.97. The van der Waals surface area contributed by atoms with Crippen LogP contribution in [0.15, 0.2) is 377 Å². The van der Waals surface area contributed by atoms with E-state index in [0.29, 0.717) is 36.3 Å². The van der Waals surface area contributed by atoms with Crippen LogP contribution in [-0.2, 0) is 95.2 Å². The van der Waals surface area contributed by atoms with E-state index in [1.54, 1.807) is 0 Å². The SMILES string of the molecule is C[C@@H]1CCC[C@H](C)N1NC(C)(C)c1ccccn1.C[C@@H]1CCC[C@H](C)N1[N-]C(C)(C)c1ccccn1.C[C@@H]1CCC[C@H](C)N1[N-]C(C)(C)c1ccccn1.[CH2-]c1ccccc1.[CH2-]c1ccccc1.[CH2-]c1ccccc1.[CH2-]c1ccccc1.[CH2-]c1ccccc1.[CH2-]c1ccccc1.[CH2-]c1ccccc1.[CH2-]c1ccccc1.[CH2-]c1ccccc1.[CH2-]c1ccccc1.[Zr+4].[Zr+4].[Zr+4]. The van der Waals surface area contributed by atoms with Gasteiger partial charge in [-0.3, -0.25) is 15.0 Å². The van der Waals surface area contributed by atoms with Gasteiger partial charge in [0.2, 0.25) is 0 Å². The van der Waals surface area contributed by atoms with Crippen molar-refractivity contribution in [1.82, 2.24) is 35.4 Å². The van der Waals surface area contributed by atoms with Crippen LogP contribution in [0.25, 0.3) is 10.9 Å². The van der Waals surface area contributed by atoms with Gasteiger partial charge in [0.25, 0.3) is 0 Å². The van der Waals surface area contributed by atoms with Gasteiger partial charge in [0, 0.05) is 42.1 Å². The molecule has 1 N–H and O–H groups in total. The molecule has 3 saturated heterocycles. The van der Waals surface area contributed by atoms with Gasteiger partial charge in [-0.2, -0.15) is 246 Å². The molecule has 6 heterocycles. The van der Waals surface area contributed by atoms with E-state index in [1.165, 1.54) is 57.8 Å². The summed E-state index contributed by atoms with van der Waals surface area (Å²) in [6.07, 6.45) is 17.0. The summed E-state index contributed by atoms with van der Waals surface area (Å²) in [7, 11) is 0. The first-order valence-electron chi connectivity index (χ1n) is 43.5. The Morgan fingerprint density at radius 2 is 0.394 bits per heavy atom. The van der Waals surface area contributed by atoms with E-state index in [4.69, 9.17) is 10.9 Å². The molecule has 12 heteroatoms. The molecule has 0 amide bonds. The number of hydrazine groups is 1. The summed E-state index contributed by atoms with van der Waals surface area (Å²) in [6.45, 7) is 63.9. The average Bonchev–Trinajstić information content (AvgIpc) is 0.826. The van der Waals surface area contributed by atoms with Crippen molar-refractivity contribution >= 4 is 0 Å². The van der Waals surface area contributed by atoms with E-state index in [0.717, 1.165) is 72.7 Å². The summed E-state index contributed by atoms with van der Waals surface area (Å²) in [4.78, 5) is 13.4. The third-order valence-corrected chi connectivity index (χ3v) is 19.9. The predicted octanol–water partition coefficient (Wildman–Crippen LogP) is 29.5. The summed E-state index contributed by atoms with van der Waals surface area (Å²) in [5.74, 6) is 0. The van der Waals surface area contributed by atoms with Crippen LogP contribution in [-0.4, -0.2) is 66.2 Å². The van der Waals surface area contributed by atoms with Crippen molar-refractivity contribution in [3.05, 3.63) is 529 Å². The third kappa shape index (κ3) is 53.4. The van der Waals surface area contributed by atoms with Crippen molar-refractivity contribution in [3.63, 3.8) is 0 Å². The Morgan fingerprint density at radius 1 is 0.236 bits per heavy atom. The smallest absolute Gasteiger partial charge is 0.584 e. The fraction of sp³-hybridized carbons (Fsp3) is 0.261. The van der Waals surface area contributed by atoms with Gasteiger partial charge in [-0.25, -0.2) is 10.4 Å². The van der Waals surface area contributed by atoms with Crippen LogP contribution in [0, 0.1) is 69.2 Å². The number of nitrogens with zero attached hydrogens (tertiary/aromatic N) is 8. The Labute approximate surface area is 829 Å². The molecule has 0 saturated carbocycles. The molecule has 3 aromatic heterocycles. The van der Waals surface area contributed by atoms with Gasteiger partial charge in [0.05, 0.1) is 11.2 Å². The Bertz CT molecular complexity index is 3800.